The highest BCUT2D eigenvalue weighted by atomic mass is 16.5. The summed E-state index contributed by atoms with van der Waals surface area (Å²) in [6, 6.07) is 10.0. The van der Waals surface area contributed by atoms with Gasteiger partial charge >= 0.3 is 0 Å². The number of aryl methyl sites for hydroxylation is 3. The fourth-order valence-electron chi connectivity index (χ4n) is 3.48. The lowest BCUT2D eigenvalue weighted by Gasteiger charge is -2.23. The first-order valence-corrected chi connectivity index (χ1v) is 9.86. The summed E-state index contributed by atoms with van der Waals surface area (Å²) in [6.07, 6.45) is -0.577. The van der Waals surface area contributed by atoms with E-state index in [2.05, 4.69) is 31.3 Å². The largest absolute Gasteiger partial charge is 0.496 e. The Kier molecular flexibility index (Phi) is 7.11. The van der Waals surface area contributed by atoms with Crippen LogP contribution in [-0.4, -0.2) is 19.1 Å². The second-order valence-corrected chi connectivity index (χ2v) is 7.92. The molecular weight excluding hydrogens is 350 g/mol. The van der Waals surface area contributed by atoms with Crippen LogP contribution >= 0.6 is 0 Å². The van der Waals surface area contributed by atoms with E-state index in [-0.39, 0.29) is 11.9 Å². The number of carbonyl (C=O) groups excluding carboxylic acids is 1. The number of methoxy groups -OCH3 is 1. The fraction of sp³-hybridized carbons (Fsp3) is 0.458. The lowest BCUT2D eigenvalue weighted by Crippen LogP contribution is -2.38. The maximum absolute atomic E-state index is 12.7. The monoisotopic (exact) mass is 383 g/mol. The SMILES string of the molecule is COc1cc(C)c(C(C)NC(=O)C(C)Oc2cc(C)cc(C)c2)cc1C(C)C. The van der Waals surface area contributed by atoms with Crippen LogP contribution in [0.1, 0.15) is 67.5 Å². The van der Waals surface area contributed by atoms with Crippen LogP contribution in [0.3, 0.4) is 0 Å². The molecule has 4 heteroatoms. The molecule has 2 rings (SSSR count). The lowest BCUT2D eigenvalue weighted by atomic mass is 9.93. The minimum absolute atomic E-state index is 0.124. The molecule has 0 spiro atoms. The second-order valence-electron chi connectivity index (χ2n) is 7.92. The highest BCUT2D eigenvalue weighted by Crippen LogP contribution is 2.32. The van der Waals surface area contributed by atoms with E-state index in [1.165, 1.54) is 0 Å². The summed E-state index contributed by atoms with van der Waals surface area (Å²) in [7, 11) is 1.69. The van der Waals surface area contributed by atoms with Crippen LogP contribution in [-0.2, 0) is 4.79 Å². The van der Waals surface area contributed by atoms with Crippen molar-refractivity contribution in [3.05, 3.63) is 58.1 Å². The topological polar surface area (TPSA) is 47.6 Å². The molecule has 0 saturated carbocycles. The summed E-state index contributed by atoms with van der Waals surface area (Å²) in [5, 5.41) is 3.09. The summed E-state index contributed by atoms with van der Waals surface area (Å²) < 4.78 is 11.4. The zero-order chi connectivity index (χ0) is 21.0. The second kappa shape index (κ2) is 9.13. The van der Waals surface area contributed by atoms with E-state index in [0.717, 1.165) is 39.3 Å². The van der Waals surface area contributed by atoms with Gasteiger partial charge in [-0.2, -0.15) is 0 Å². The number of amides is 1. The van der Waals surface area contributed by atoms with Gasteiger partial charge in [-0.05, 0) is 92.6 Å². The molecule has 0 radical (unpaired) electrons. The van der Waals surface area contributed by atoms with Crippen molar-refractivity contribution >= 4 is 5.91 Å². The molecule has 0 aliphatic carbocycles. The summed E-state index contributed by atoms with van der Waals surface area (Å²) in [4.78, 5) is 12.7. The summed E-state index contributed by atoms with van der Waals surface area (Å²) in [6.45, 7) is 14.1. The van der Waals surface area contributed by atoms with E-state index in [0.29, 0.717) is 5.92 Å². The molecule has 4 nitrogen and oxygen atoms in total. The third-order valence-electron chi connectivity index (χ3n) is 4.94. The molecule has 0 aromatic heterocycles. The third-order valence-corrected chi connectivity index (χ3v) is 4.94. The molecule has 2 atom stereocenters. The molecular formula is C24H33NO3. The van der Waals surface area contributed by atoms with Gasteiger partial charge in [0, 0.05) is 0 Å². The van der Waals surface area contributed by atoms with E-state index < -0.39 is 6.10 Å². The average molecular weight is 384 g/mol. The Balaban J connectivity index is 2.14. The van der Waals surface area contributed by atoms with Crippen LogP contribution in [0.25, 0.3) is 0 Å². The van der Waals surface area contributed by atoms with Crippen molar-refractivity contribution in [1.29, 1.82) is 0 Å². The Morgan fingerprint density at radius 1 is 0.893 bits per heavy atom. The molecule has 0 aliphatic heterocycles. The van der Waals surface area contributed by atoms with Gasteiger partial charge in [-0.15, -0.1) is 0 Å². The van der Waals surface area contributed by atoms with Gasteiger partial charge in [-0.3, -0.25) is 4.79 Å². The number of nitrogens with one attached hydrogen (secondary N) is 1. The molecule has 2 aromatic carbocycles. The number of rotatable bonds is 7. The van der Waals surface area contributed by atoms with Crippen molar-refractivity contribution in [3.63, 3.8) is 0 Å². The smallest absolute Gasteiger partial charge is 0.261 e. The summed E-state index contributed by atoms with van der Waals surface area (Å²) >= 11 is 0. The standard InChI is InChI=1S/C24H33NO3/c1-14(2)21-13-22(17(5)12-23(21)27-8)18(6)25-24(26)19(7)28-20-10-15(3)9-16(4)11-20/h9-14,18-19H,1-8H3,(H,25,26). The van der Waals surface area contributed by atoms with Crippen molar-refractivity contribution in [2.75, 3.05) is 7.11 Å². The Morgan fingerprint density at radius 3 is 2.04 bits per heavy atom. The number of hydrogen-bond donors (Lipinski definition) is 1. The van der Waals surface area contributed by atoms with Crippen molar-refractivity contribution in [3.8, 4) is 11.5 Å². The van der Waals surface area contributed by atoms with E-state index in [1.807, 2.05) is 45.9 Å². The maximum atomic E-state index is 12.7. The maximum Gasteiger partial charge on any atom is 0.261 e. The molecule has 0 aliphatic rings. The highest BCUT2D eigenvalue weighted by Gasteiger charge is 2.20. The minimum atomic E-state index is -0.577. The van der Waals surface area contributed by atoms with Crippen molar-refractivity contribution in [2.24, 2.45) is 0 Å². The molecule has 0 saturated heterocycles. The van der Waals surface area contributed by atoms with Gasteiger partial charge in [0.25, 0.3) is 5.91 Å². The van der Waals surface area contributed by atoms with E-state index >= 15 is 0 Å². The van der Waals surface area contributed by atoms with Gasteiger partial charge in [-0.1, -0.05) is 19.9 Å². The minimum Gasteiger partial charge on any atom is -0.496 e. The first-order chi connectivity index (χ1) is 13.1. The third kappa shape index (κ3) is 5.28. The zero-order valence-electron chi connectivity index (χ0n) is 18.3. The predicted octanol–water partition coefficient (Wildman–Crippen LogP) is 5.39. The number of hydrogen-bond acceptors (Lipinski definition) is 3. The van der Waals surface area contributed by atoms with Crippen molar-refractivity contribution < 1.29 is 14.3 Å². The molecule has 152 valence electrons. The zero-order valence-corrected chi connectivity index (χ0v) is 18.3. The van der Waals surface area contributed by atoms with E-state index in [9.17, 15) is 4.79 Å². The van der Waals surface area contributed by atoms with Crippen LogP contribution in [0.15, 0.2) is 30.3 Å². The first kappa shape index (κ1) is 21.8. The highest BCUT2D eigenvalue weighted by molar-refractivity contribution is 5.81. The van der Waals surface area contributed by atoms with Crippen LogP contribution in [0.4, 0.5) is 0 Å². The van der Waals surface area contributed by atoms with Crippen molar-refractivity contribution in [2.45, 2.75) is 66.5 Å². The molecule has 0 bridgehead atoms. The number of ether oxygens (including phenoxy) is 2. The predicted molar refractivity (Wildman–Crippen MR) is 114 cm³/mol. The molecule has 1 N–H and O–H groups in total. The quantitative estimate of drug-likeness (QED) is 0.697. The molecule has 0 fully saturated rings. The molecule has 1 amide bonds. The summed E-state index contributed by atoms with van der Waals surface area (Å²) in [5.74, 6) is 1.81. The van der Waals surface area contributed by atoms with Crippen molar-refractivity contribution in [1.82, 2.24) is 5.32 Å². The molecule has 0 heterocycles. The Morgan fingerprint density at radius 2 is 1.50 bits per heavy atom. The molecule has 2 aromatic rings. The normalized spacial score (nSPS) is 13.2. The Labute approximate surface area is 169 Å². The number of carbonyl (C=O) groups is 1. The van der Waals surface area contributed by atoms with Gasteiger partial charge in [-0.25, -0.2) is 0 Å². The van der Waals surface area contributed by atoms with Gasteiger partial charge < -0.3 is 14.8 Å². The van der Waals surface area contributed by atoms with Crippen LogP contribution in [0.5, 0.6) is 11.5 Å². The molecule has 2 unspecified atom stereocenters. The van der Waals surface area contributed by atoms with Gasteiger partial charge in [0.2, 0.25) is 0 Å². The Bertz CT molecular complexity index is 822. The van der Waals surface area contributed by atoms with E-state index in [1.54, 1.807) is 14.0 Å². The van der Waals surface area contributed by atoms with Gasteiger partial charge in [0.15, 0.2) is 6.10 Å². The van der Waals surface area contributed by atoms with Crippen LogP contribution < -0.4 is 14.8 Å². The number of benzene rings is 2. The average Bonchev–Trinajstić information content (AvgIpc) is 2.59. The fourth-order valence-corrected chi connectivity index (χ4v) is 3.48. The van der Waals surface area contributed by atoms with Gasteiger partial charge in [0.1, 0.15) is 11.5 Å². The van der Waals surface area contributed by atoms with Crippen LogP contribution in [0, 0.1) is 20.8 Å². The summed E-state index contributed by atoms with van der Waals surface area (Å²) in [5.41, 5.74) is 5.56. The first-order valence-electron chi connectivity index (χ1n) is 9.86. The molecule has 28 heavy (non-hydrogen) atoms. The van der Waals surface area contributed by atoms with Gasteiger partial charge in [0.05, 0.1) is 13.2 Å². The van der Waals surface area contributed by atoms with E-state index in [4.69, 9.17) is 9.47 Å². The lowest BCUT2D eigenvalue weighted by molar-refractivity contribution is -0.127. The van der Waals surface area contributed by atoms with Crippen LogP contribution in [0.2, 0.25) is 0 Å². The Hall–Kier alpha value is -2.49.